The van der Waals surface area contributed by atoms with Gasteiger partial charge in [0.2, 0.25) is 11.8 Å². The number of halogens is 1. The van der Waals surface area contributed by atoms with E-state index in [9.17, 15) is 9.59 Å². The Hall–Kier alpha value is -2.03. The first-order valence-corrected chi connectivity index (χ1v) is 13.5. The van der Waals surface area contributed by atoms with Gasteiger partial charge in [0, 0.05) is 29.1 Å². The van der Waals surface area contributed by atoms with E-state index in [0.29, 0.717) is 37.1 Å². The van der Waals surface area contributed by atoms with E-state index in [2.05, 4.69) is 41.5 Å². The Balaban J connectivity index is 1.93. The summed E-state index contributed by atoms with van der Waals surface area (Å²) in [4.78, 5) is 30.4. The molecule has 9 heteroatoms. The molecule has 1 aromatic heterocycles. The second kappa shape index (κ2) is 9.79. The van der Waals surface area contributed by atoms with Crippen LogP contribution in [0.2, 0.25) is 5.02 Å². The number of ether oxygens (including phenoxy) is 1. The number of hydrogen-bond acceptors (Lipinski definition) is 5. The fraction of sp³-hybridized carbons (Fsp3) is 0.577. The lowest BCUT2D eigenvalue weighted by molar-refractivity contribution is -0.134. The predicted molar refractivity (Wildman–Crippen MR) is 141 cm³/mol. The minimum Gasteiger partial charge on any atom is -0.378 e. The van der Waals surface area contributed by atoms with Gasteiger partial charge >= 0.3 is 0 Å². The van der Waals surface area contributed by atoms with Crippen molar-refractivity contribution in [3.8, 4) is 0 Å². The van der Waals surface area contributed by atoms with Gasteiger partial charge in [-0.1, -0.05) is 50.6 Å². The molecule has 2 amide bonds. The summed E-state index contributed by atoms with van der Waals surface area (Å²) in [6.45, 7) is 14.7. The van der Waals surface area contributed by atoms with E-state index in [4.69, 9.17) is 21.4 Å². The number of benzene rings is 1. The lowest BCUT2D eigenvalue weighted by Gasteiger charge is -2.32. The molecule has 1 saturated heterocycles. The van der Waals surface area contributed by atoms with Gasteiger partial charge in [0.1, 0.15) is 12.4 Å². The van der Waals surface area contributed by atoms with Crippen LogP contribution in [0, 0.1) is 0 Å². The van der Waals surface area contributed by atoms with Crippen LogP contribution in [0.15, 0.2) is 24.3 Å². The molecule has 35 heavy (non-hydrogen) atoms. The summed E-state index contributed by atoms with van der Waals surface area (Å²) in [5.41, 5.74) is 2.14. The van der Waals surface area contributed by atoms with Crippen LogP contribution in [0.25, 0.3) is 0 Å². The van der Waals surface area contributed by atoms with Crippen LogP contribution < -0.4 is 4.90 Å². The van der Waals surface area contributed by atoms with Crippen molar-refractivity contribution < 1.29 is 14.3 Å². The Bertz CT molecular complexity index is 1110. The molecule has 1 fully saturated rings. The van der Waals surface area contributed by atoms with Gasteiger partial charge in [0.25, 0.3) is 0 Å². The van der Waals surface area contributed by atoms with Crippen molar-refractivity contribution in [1.82, 2.24) is 14.7 Å². The van der Waals surface area contributed by atoms with E-state index in [1.807, 2.05) is 28.9 Å². The monoisotopic (exact) mass is 518 g/mol. The van der Waals surface area contributed by atoms with Gasteiger partial charge in [-0.25, -0.2) is 4.68 Å². The maximum Gasteiger partial charge on any atom is 0.242 e. The molecule has 0 N–H and O–H groups in total. The predicted octanol–water partition coefficient (Wildman–Crippen LogP) is 4.62. The van der Waals surface area contributed by atoms with Crippen molar-refractivity contribution in [3.05, 3.63) is 46.1 Å². The largest absolute Gasteiger partial charge is 0.378 e. The third-order valence-electron chi connectivity index (χ3n) is 6.28. The fourth-order valence-corrected chi connectivity index (χ4v) is 6.07. The molecule has 0 saturated carbocycles. The molecule has 2 aromatic rings. The first kappa shape index (κ1) is 26.0. The van der Waals surface area contributed by atoms with Crippen molar-refractivity contribution in [2.24, 2.45) is 0 Å². The summed E-state index contributed by atoms with van der Waals surface area (Å²) in [6, 6.07) is 7.78. The van der Waals surface area contributed by atoms with Gasteiger partial charge in [-0.15, -0.1) is 11.8 Å². The minimum absolute atomic E-state index is 0.0208. The van der Waals surface area contributed by atoms with E-state index >= 15 is 0 Å². The van der Waals surface area contributed by atoms with E-state index in [0.717, 1.165) is 16.8 Å². The summed E-state index contributed by atoms with van der Waals surface area (Å²) in [6.07, 6.45) is 0. The molecule has 3 heterocycles. The van der Waals surface area contributed by atoms with Crippen LogP contribution in [-0.2, 0) is 25.3 Å². The SMILES string of the molecule is CC(C)(C)c1nn(C(C)(C)C)c2c1C(c1ccccc1Cl)SCC(=O)N2CC(=O)N1CCOCC1. The quantitative estimate of drug-likeness (QED) is 0.593. The number of hydrogen-bond donors (Lipinski definition) is 0. The second-order valence-electron chi connectivity index (χ2n) is 11.1. The zero-order valence-corrected chi connectivity index (χ0v) is 23.0. The Labute approximate surface area is 217 Å². The minimum atomic E-state index is -0.409. The van der Waals surface area contributed by atoms with Crippen molar-refractivity contribution >= 4 is 41.0 Å². The van der Waals surface area contributed by atoms with Crippen molar-refractivity contribution in [2.45, 2.75) is 57.7 Å². The summed E-state index contributed by atoms with van der Waals surface area (Å²) in [5, 5.41) is 5.58. The van der Waals surface area contributed by atoms with Crippen LogP contribution in [-0.4, -0.2) is 65.1 Å². The average Bonchev–Trinajstić information content (AvgIpc) is 3.15. The first-order chi connectivity index (χ1) is 16.4. The second-order valence-corrected chi connectivity index (χ2v) is 12.6. The number of aromatic nitrogens is 2. The van der Waals surface area contributed by atoms with Gasteiger partial charge in [-0.3, -0.25) is 14.5 Å². The van der Waals surface area contributed by atoms with Crippen molar-refractivity contribution in [1.29, 1.82) is 0 Å². The molecular formula is C26H35ClN4O3S. The van der Waals surface area contributed by atoms with Crippen LogP contribution in [0.3, 0.4) is 0 Å². The number of anilines is 1. The number of fused-ring (bicyclic) bond motifs is 1. The Morgan fingerprint density at radius 2 is 1.80 bits per heavy atom. The molecule has 0 spiro atoms. The molecule has 2 aliphatic heterocycles. The van der Waals surface area contributed by atoms with Crippen molar-refractivity contribution in [2.75, 3.05) is 43.5 Å². The van der Waals surface area contributed by atoms with E-state index in [1.54, 1.807) is 21.6 Å². The van der Waals surface area contributed by atoms with E-state index in [-0.39, 0.29) is 34.8 Å². The number of amides is 2. The molecule has 0 bridgehead atoms. The zero-order valence-electron chi connectivity index (χ0n) is 21.4. The van der Waals surface area contributed by atoms with Crippen LogP contribution in [0.4, 0.5) is 5.82 Å². The molecule has 1 aromatic carbocycles. The highest BCUT2D eigenvalue weighted by atomic mass is 35.5. The van der Waals surface area contributed by atoms with E-state index in [1.165, 1.54) is 0 Å². The van der Waals surface area contributed by atoms with Crippen LogP contribution >= 0.6 is 23.4 Å². The number of thioether (sulfide) groups is 1. The van der Waals surface area contributed by atoms with Gasteiger partial charge in [0.05, 0.1) is 35.4 Å². The third kappa shape index (κ3) is 5.25. The topological polar surface area (TPSA) is 67.7 Å². The standard InChI is InChI=1S/C26H35ClN4O3S/c1-25(2,3)23-21-22(17-9-7-8-10-18(17)27)35-16-20(33)30(24(21)31(28-23)26(4,5)6)15-19(32)29-11-13-34-14-12-29/h7-10,22H,11-16H2,1-6H3. The van der Waals surface area contributed by atoms with E-state index < -0.39 is 5.54 Å². The van der Waals surface area contributed by atoms with Crippen LogP contribution in [0.1, 0.15) is 63.6 Å². The van der Waals surface area contributed by atoms with Gasteiger partial charge in [-0.05, 0) is 32.4 Å². The van der Waals surface area contributed by atoms with Gasteiger partial charge < -0.3 is 9.64 Å². The zero-order chi connectivity index (χ0) is 25.5. The highest BCUT2D eigenvalue weighted by molar-refractivity contribution is 8.00. The first-order valence-electron chi connectivity index (χ1n) is 12.1. The molecule has 1 atom stereocenters. The molecule has 0 aliphatic carbocycles. The maximum atomic E-state index is 13.6. The number of morpholine rings is 1. The third-order valence-corrected chi connectivity index (χ3v) is 7.86. The number of rotatable bonds is 3. The summed E-state index contributed by atoms with van der Waals surface area (Å²) in [7, 11) is 0. The van der Waals surface area contributed by atoms with Crippen LogP contribution in [0.5, 0.6) is 0 Å². The van der Waals surface area contributed by atoms with Gasteiger partial charge in [-0.2, -0.15) is 5.10 Å². The molecule has 190 valence electrons. The summed E-state index contributed by atoms with van der Waals surface area (Å²) >= 11 is 8.24. The highest BCUT2D eigenvalue weighted by Gasteiger charge is 2.42. The average molecular weight is 519 g/mol. The Morgan fingerprint density at radius 1 is 1.14 bits per heavy atom. The number of carbonyl (C=O) groups excluding carboxylic acids is 2. The molecular weight excluding hydrogens is 484 g/mol. The van der Waals surface area contributed by atoms with Crippen molar-refractivity contribution in [3.63, 3.8) is 0 Å². The van der Waals surface area contributed by atoms with Gasteiger partial charge in [0.15, 0.2) is 0 Å². The lowest BCUT2D eigenvalue weighted by atomic mass is 9.87. The molecule has 2 aliphatic rings. The Morgan fingerprint density at radius 3 is 2.40 bits per heavy atom. The maximum absolute atomic E-state index is 13.6. The summed E-state index contributed by atoms with van der Waals surface area (Å²) in [5.74, 6) is 0.768. The number of nitrogens with zero attached hydrogens (tertiary/aromatic N) is 4. The summed E-state index contributed by atoms with van der Waals surface area (Å²) < 4.78 is 7.35. The molecule has 7 nitrogen and oxygen atoms in total. The lowest BCUT2D eigenvalue weighted by Crippen LogP contribution is -2.48. The Kier molecular flexibility index (Phi) is 7.28. The normalized spacial score (nSPS) is 19.5. The smallest absolute Gasteiger partial charge is 0.242 e. The fourth-order valence-electron chi connectivity index (χ4n) is 4.52. The molecule has 0 radical (unpaired) electrons. The molecule has 1 unspecified atom stereocenters. The number of carbonyl (C=O) groups is 2. The molecule has 4 rings (SSSR count). The highest BCUT2D eigenvalue weighted by Crippen LogP contribution is 2.50.